The summed E-state index contributed by atoms with van der Waals surface area (Å²) < 4.78 is 0.970. The minimum atomic E-state index is 0.243. The van der Waals surface area contributed by atoms with Crippen LogP contribution < -0.4 is 5.73 Å². The van der Waals surface area contributed by atoms with E-state index in [1.54, 1.807) is 0 Å². The smallest absolute Gasteiger partial charge is 0.222 e. The number of halogens is 1. The van der Waals surface area contributed by atoms with Crippen molar-refractivity contribution in [1.29, 1.82) is 0 Å². The van der Waals surface area contributed by atoms with Crippen LogP contribution in [0, 0.1) is 5.41 Å². The lowest BCUT2D eigenvalue weighted by atomic mass is 9.85. The lowest BCUT2D eigenvalue weighted by Crippen LogP contribution is -2.30. The summed E-state index contributed by atoms with van der Waals surface area (Å²) in [6, 6.07) is 5.85. The van der Waals surface area contributed by atoms with Crippen molar-refractivity contribution in [3.05, 3.63) is 28.2 Å². The first-order chi connectivity index (χ1) is 8.87. The molecule has 1 heterocycles. The maximum Gasteiger partial charge on any atom is 0.222 e. The van der Waals surface area contributed by atoms with Crippen LogP contribution in [0.1, 0.15) is 38.7 Å². The molecule has 104 valence electrons. The van der Waals surface area contributed by atoms with Gasteiger partial charge in [-0.1, -0.05) is 35.8 Å². The Bertz CT molecular complexity index is 485. The van der Waals surface area contributed by atoms with Crippen molar-refractivity contribution in [2.24, 2.45) is 5.41 Å². The van der Waals surface area contributed by atoms with Crippen molar-refractivity contribution < 1.29 is 4.79 Å². The maximum absolute atomic E-state index is 12.2. The molecule has 3 nitrogen and oxygen atoms in total. The molecule has 0 radical (unpaired) electrons. The highest BCUT2D eigenvalue weighted by atomic mass is 79.9. The summed E-state index contributed by atoms with van der Waals surface area (Å²) in [7, 11) is 0. The summed E-state index contributed by atoms with van der Waals surface area (Å²) in [5.41, 5.74) is 8.03. The molecule has 1 saturated heterocycles. The average Bonchev–Trinajstić information content (AvgIpc) is 2.45. The van der Waals surface area contributed by atoms with Gasteiger partial charge in [0.05, 0.1) is 0 Å². The molecule has 2 rings (SSSR count). The number of amides is 1. The van der Waals surface area contributed by atoms with Gasteiger partial charge in [0.15, 0.2) is 0 Å². The van der Waals surface area contributed by atoms with Gasteiger partial charge in [-0.25, -0.2) is 0 Å². The monoisotopic (exact) mass is 324 g/mol. The predicted octanol–water partition coefficient (Wildman–Crippen LogP) is 3.57. The highest BCUT2D eigenvalue weighted by Crippen LogP contribution is 2.31. The van der Waals surface area contributed by atoms with Gasteiger partial charge in [-0.2, -0.15) is 0 Å². The Morgan fingerprint density at radius 2 is 2.11 bits per heavy atom. The second kappa shape index (κ2) is 5.53. The van der Waals surface area contributed by atoms with Crippen molar-refractivity contribution in [3.63, 3.8) is 0 Å². The van der Waals surface area contributed by atoms with E-state index in [0.29, 0.717) is 13.0 Å². The number of likely N-dealkylation sites (tertiary alicyclic amines) is 1. The summed E-state index contributed by atoms with van der Waals surface area (Å²) >= 11 is 3.40. The number of anilines is 1. The lowest BCUT2D eigenvalue weighted by Gasteiger charge is -2.24. The number of nitrogen functional groups attached to an aromatic ring is 1. The number of nitrogens with zero attached hydrogens (tertiary/aromatic N) is 1. The quantitative estimate of drug-likeness (QED) is 0.845. The van der Waals surface area contributed by atoms with Gasteiger partial charge in [0.2, 0.25) is 5.91 Å². The van der Waals surface area contributed by atoms with Crippen LogP contribution in [0.4, 0.5) is 5.69 Å². The molecule has 19 heavy (non-hydrogen) atoms. The van der Waals surface area contributed by atoms with E-state index in [1.165, 1.54) is 0 Å². The molecule has 0 aromatic heterocycles. The van der Waals surface area contributed by atoms with Crippen LogP contribution in [0.2, 0.25) is 0 Å². The number of hydrogen-bond acceptors (Lipinski definition) is 2. The zero-order valence-corrected chi connectivity index (χ0v) is 13.2. The van der Waals surface area contributed by atoms with Crippen molar-refractivity contribution in [2.75, 3.05) is 12.3 Å². The van der Waals surface area contributed by atoms with Crippen molar-refractivity contribution in [1.82, 2.24) is 4.90 Å². The van der Waals surface area contributed by atoms with Crippen LogP contribution in [-0.4, -0.2) is 17.4 Å². The van der Waals surface area contributed by atoms with Gasteiger partial charge in [0.1, 0.15) is 0 Å². The van der Waals surface area contributed by atoms with Crippen molar-refractivity contribution in [3.8, 4) is 0 Å². The molecule has 1 amide bonds. The third kappa shape index (κ3) is 3.72. The van der Waals surface area contributed by atoms with Crippen LogP contribution in [0.25, 0.3) is 0 Å². The second-order valence-corrected chi connectivity index (χ2v) is 6.99. The number of nitrogens with two attached hydrogens (primary N) is 1. The van der Waals surface area contributed by atoms with Gasteiger partial charge >= 0.3 is 0 Å². The van der Waals surface area contributed by atoms with Gasteiger partial charge in [0, 0.05) is 29.7 Å². The Morgan fingerprint density at radius 1 is 1.37 bits per heavy atom. The zero-order chi connectivity index (χ0) is 14.0. The molecule has 0 aliphatic carbocycles. The average molecular weight is 325 g/mol. The highest BCUT2D eigenvalue weighted by Gasteiger charge is 2.27. The van der Waals surface area contributed by atoms with Crippen LogP contribution >= 0.6 is 15.9 Å². The van der Waals surface area contributed by atoms with Crippen LogP contribution in [0.3, 0.4) is 0 Å². The third-order valence-electron chi connectivity index (χ3n) is 3.90. The first kappa shape index (κ1) is 14.4. The molecule has 0 atom stereocenters. The molecule has 0 bridgehead atoms. The molecule has 1 aromatic rings. The molecule has 1 aliphatic rings. The summed E-state index contributed by atoms with van der Waals surface area (Å²) in [5.74, 6) is 0.243. The number of benzene rings is 1. The second-order valence-electron chi connectivity index (χ2n) is 6.07. The zero-order valence-electron chi connectivity index (χ0n) is 11.6. The molecule has 1 fully saturated rings. The summed E-state index contributed by atoms with van der Waals surface area (Å²) in [6.45, 7) is 5.91. The third-order valence-corrected chi connectivity index (χ3v) is 4.39. The number of rotatable bonds is 2. The highest BCUT2D eigenvalue weighted by molar-refractivity contribution is 9.10. The molecule has 0 spiro atoms. The predicted molar refractivity (Wildman–Crippen MR) is 81.6 cm³/mol. The van der Waals surface area contributed by atoms with E-state index in [9.17, 15) is 4.79 Å². The molecule has 1 aliphatic heterocycles. The standard InChI is InChI=1S/C15H21BrN2O/c1-15(2)6-5-14(19)18(8-7-15)10-11-3-4-12(16)9-13(11)17/h3-4,9H,5-8,10,17H2,1-2H3. The van der Waals surface area contributed by atoms with E-state index in [4.69, 9.17) is 5.73 Å². The Morgan fingerprint density at radius 3 is 2.79 bits per heavy atom. The van der Waals surface area contributed by atoms with E-state index >= 15 is 0 Å². The van der Waals surface area contributed by atoms with E-state index in [0.717, 1.165) is 35.1 Å². The molecule has 0 saturated carbocycles. The van der Waals surface area contributed by atoms with Crippen molar-refractivity contribution >= 4 is 27.5 Å². The Hall–Kier alpha value is -1.03. The molecule has 0 unspecified atom stereocenters. The molecule has 2 N–H and O–H groups in total. The van der Waals surface area contributed by atoms with Gasteiger partial charge < -0.3 is 10.6 Å². The minimum absolute atomic E-state index is 0.243. The molecular weight excluding hydrogens is 304 g/mol. The minimum Gasteiger partial charge on any atom is -0.398 e. The van der Waals surface area contributed by atoms with Gasteiger partial charge in [-0.3, -0.25) is 4.79 Å². The topological polar surface area (TPSA) is 46.3 Å². The van der Waals surface area contributed by atoms with Gasteiger partial charge in [0.25, 0.3) is 0 Å². The van der Waals surface area contributed by atoms with Crippen LogP contribution in [0.5, 0.6) is 0 Å². The van der Waals surface area contributed by atoms with Crippen molar-refractivity contribution in [2.45, 2.75) is 39.7 Å². The first-order valence-corrected chi connectivity index (χ1v) is 7.48. The Kier molecular flexibility index (Phi) is 4.19. The number of carbonyl (C=O) groups excluding carboxylic acids is 1. The fourth-order valence-electron chi connectivity index (χ4n) is 2.37. The maximum atomic E-state index is 12.2. The fourth-order valence-corrected chi connectivity index (χ4v) is 2.75. The normalized spacial score (nSPS) is 19.3. The largest absolute Gasteiger partial charge is 0.398 e. The molecule has 1 aromatic carbocycles. The van der Waals surface area contributed by atoms with E-state index in [1.807, 2.05) is 23.1 Å². The summed E-state index contributed by atoms with van der Waals surface area (Å²) in [6.07, 6.45) is 2.66. The van der Waals surface area contributed by atoms with E-state index < -0.39 is 0 Å². The Labute approximate surface area is 123 Å². The van der Waals surface area contributed by atoms with E-state index in [-0.39, 0.29) is 11.3 Å². The van der Waals surface area contributed by atoms with Crippen LogP contribution in [-0.2, 0) is 11.3 Å². The summed E-state index contributed by atoms with van der Waals surface area (Å²) in [5, 5.41) is 0. The number of carbonyl (C=O) groups is 1. The van der Waals surface area contributed by atoms with E-state index in [2.05, 4.69) is 29.8 Å². The summed E-state index contributed by atoms with van der Waals surface area (Å²) in [4.78, 5) is 14.1. The first-order valence-electron chi connectivity index (χ1n) is 6.69. The van der Waals surface area contributed by atoms with Gasteiger partial charge in [-0.15, -0.1) is 0 Å². The fraction of sp³-hybridized carbons (Fsp3) is 0.533. The van der Waals surface area contributed by atoms with Gasteiger partial charge in [-0.05, 0) is 36.0 Å². The SMILES string of the molecule is CC1(C)CCC(=O)N(Cc2ccc(Br)cc2N)CC1. The number of hydrogen-bond donors (Lipinski definition) is 1. The molecular formula is C15H21BrN2O. The molecule has 4 heteroatoms. The Balaban J connectivity index is 2.11. The lowest BCUT2D eigenvalue weighted by molar-refractivity contribution is -0.131. The van der Waals surface area contributed by atoms with Crippen LogP contribution in [0.15, 0.2) is 22.7 Å².